The summed E-state index contributed by atoms with van der Waals surface area (Å²) in [6.07, 6.45) is 0. The molecule has 0 unspecified atom stereocenters. The van der Waals surface area contributed by atoms with E-state index in [2.05, 4.69) is 21.2 Å². The number of imide groups is 1. The number of ether oxygens (including phenoxy) is 1. The highest BCUT2D eigenvalue weighted by Crippen LogP contribution is 2.53. The number of carbonyl (C=O) groups excluding carboxylic acids is 4. The van der Waals surface area contributed by atoms with Crippen molar-refractivity contribution in [3.8, 4) is 0 Å². The molecule has 9 nitrogen and oxygen atoms in total. The monoisotopic (exact) mass is 695 g/mol. The van der Waals surface area contributed by atoms with Crippen molar-refractivity contribution in [2.24, 2.45) is 5.92 Å². The van der Waals surface area contributed by atoms with E-state index in [1.165, 1.54) is 28.8 Å². The number of halogens is 2. The molecule has 224 valence electrons. The number of nitrogens with one attached hydrogen (secondary N) is 1. The fourth-order valence-corrected chi connectivity index (χ4v) is 8.41. The molecule has 6 rings (SSSR count). The molecule has 3 atom stereocenters. The lowest BCUT2D eigenvalue weighted by Crippen LogP contribution is -2.33. The van der Waals surface area contributed by atoms with Gasteiger partial charge in [-0.25, -0.2) is 14.1 Å². The van der Waals surface area contributed by atoms with Crippen LogP contribution in [0.1, 0.15) is 33.6 Å². The van der Waals surface area contributed by atoms with Crippen molar-refractivity contribution in [1.82, 2.24) is 4.57 Å². The third-order valence-electron chi connectivity index (χ3n) is 7.34. The van der Waals surface area contributed by atoms with Crippen molar-refractivity contribution in [3.05, 3.63) is 109 Å². The Morgan fingerprint density at radius 1 is 0.955 bits per heavy atom. The van der Waals surface area contributed by atoms with Gasteiger partial charge >= 0.3 is 10.8 Å². The molecule has 13 heteroatoms. The number of amides is 3. The van der Waals surface area contributed by atoms with Gasteiger partial charge in [-0.1, -0.05) is 51.2 Å². The molecule has 1 fully saturated rings. The molecule has 1 saturated heterocycles. The van der Waals surface area contributed by atoms with E-state index in [1.54, 1.807) is 55.5 Å². The second-order valence-electron chi connectivity index (χ2n) is 10.1. The van der Waals surface area contributed by atoms with Gasteiger partial charge in [0.05, 0.1) is 28.8 Å². The molecule has 2 aliphatic heterocycles. The smallest absolute Gasteiger partial charge is 0.338 e. The zero-order valence-corrected chi connectivity index (χ0v) is 26.2. The fourth-order valence-electron chi connectivity index (χ4n) is 5.38. The van der Waals surface area contributed by atoms with Gasteiger partial charge in [0.2, 0.25) is 17.7 Å². The molecule has 0 saturated carbocycles. The molecule has 0 spiro atoms. The number of fused-ring (bicyclic) bond motifs is 2. The first kappa shape index (κ1) is 30.0. The van der Waals surface area contributed by atoms with Crippen LogP contribution in [-0.2, 0) is 25.7 Å². The Kier molecular flexibility index (Phi) is 8.27. The third kappa shape index (κ3) is 5.51. The maximum absolute atomic E-state index is 13.9. The van der Waals surface area contributed by atoms with E-state index in [-0.39, 0.29) is 13.2 Å². The van der Waals surface area contributed by atoms with Gasteiger partial charge < -0.3 is 10.1 Å². The maximum atomic E-state index is 13.9. The van der Waals surface area contributed by atoms with Crippen molar-refractivity contribution in [2.45, 2.75) is 29.7 Å². The number of hydrogen-bond acceptors (Lipinski definition) is 8. The second-order valence-corrected chi connectivity index (χ2v) is 13.1. The summed E-state index contributed by atoms with van der Waals surface area (Å²) in [6.45, 7) is 1.60. The first-order chi connectivity index (χ1) is 21.2. The fraction of sp³-hybridized carbons (Fsp3) is 0.194. The zero-order valence-electron chi connectivity index (χ0n) is 23.0. The van der Waals surface area contributed by atoms with Crippen LogP contribution in [0.25, 0.3) is 0 Å². The first-order valence-corrected chi connectivity index (χ1v) is 16.0. The van der Waals surface area contributed by atoms with Crippen LogP contribution in [0.4, 0.5) is 15.8 Å². The predicted octanol–water partition coefficient (Wildman–Crippen LogP) is 5.42. The number of thioether (sulfide) groups is 1. The quantitative estimate of drug-likeness (QED) is 0.203. The molecule has 1 N–H and O–H groups in total. The van der Waals surface area contributed by atoms with Crippen LogP contribution in [0.5, 0.6) is 0 Å². The molecule has 3 aromatic carbocycles. The average Bonchev–Trinajstić information content (AvgIpc) is 3.45. The summed E-state index contributed by atoms with van der Waals surface area (Å²) in [5.41, 5.74) is 1.75. The minimum Gasteiger partial charge on any atom is -0.462 e. The molecule has 4 aromatic rings. The molecule has 0 radical (unpaired) electrons. The summed E-state index contributed by atoms with van der Waals surface area (Å²) in [5.74, 6) is -3.82. The van der Waals surface area contributed by atoms with Crippen molar-refractivity contribution >= 4 is 74.1 Å². The van der Waals surface area contributed by atoms with E-state index in [9.17, 15) is 28.4 Å². The number of rotatable bonds is 7. The van der Waals surface area contributed by atoms with Crippen LogP contribution in [0.15, 0.2) is 87.1 Å². The molecule has 1 aromatic heterocycles. The predicted molar refractivity (Wildman–Crippen MR) is 168 cm³/mol. The van der Waals surface area contributed by atoms with Gasteiger partial charge in [-0.05, 0) is 73.2 Å². The molecule has 44 heavy (non-hydrogen) atoms. The van der Waals surface area contributed by atoms with Crippen LogP contribution >= 0.6 is 39.0 Å². The van der Waals surface area contributed by atoms with Crippen molar-refractivity contribution in [3.63, 3.8) is 0 Å². The summed E-state index contributed by atoms with van der Waals surface area (Å²) in [4.78, 5) is 67.3. The Bertz CT molecular complexity index is 1840. The second kappa shape index (κ2) is 12.1. The number of thiazole rings is 1. The number of benzene rings is 3. The summed E-state index contributed by atoms with van der Waals surface area (Å²) < 4.78 is 21.0. The van der Waals surface area contributed by atoms with Gasteiger partial charge in [-0.2, -0.15) is 0 Å². The largest absolute Gasteiger partial charge is 0.462 e. The van der Waals surface area contributed by atoms with Gasteiger partial charge in [-0.3, -0.25) is 23.7 Å². The zero-order chi connectivity index (χ0) is 31.1. The van der Waals surface area contributed by atoms with Gasteiger partial charge in [0.1, 0.15) is 17.6 Å². The lowest BCUT2D eigenvalue weighted by atomic mass is 9.83. The third-order valence-corrected chi connectivity index (χ3v) is 10.5. The Balaban J connectivity index is 1.33. The Morgan fingerprint density at radius 3 is 2.30 bits per heavy atom. The molecule has 0 bridgehead atoms. The molecular formula is C31H23BrFN3O6S2. The first-order valence-electron chi connectivity index (χ1n) is 13.5. The summed E-state index contributed by atoms with van der Waals surface area (Å²) in [5, 5.41) is 2.28. The summed E-state index contributed by atoms with van der Waals surface area (Å²) in [7, 11) is 0. The van der Waals surface area contributed by atoms with Crippen molar-refractivity contribution < 1.29 is 28.3 Å². The molecule has 0 aliphatic carbocycles. The van der Waals surface area contributed by atoms with E-state index >= 15 is 0 Å². The summed E-state index contributed by atoms with van der Waals surface area (Å²) >= 11 is 5.37. The Labute approximate surface area is 267 Å². The van der Waals surface area contributed by atoms with Crippen LogP contribution in [0, 0.1) is 11.7 Å². The van der Waals surface area contributed by atoms with Gasteiger partial charge in [0, 0.05) is 21.0 Å². The highest BCUT2D eigenvalue weighted by molar-refractivity contribution is 9.10. The van der Waals surface area contributed by atoms with Gasteiger partial charge in [-0.15, -0.1) is 0 Å². The van der Waals surface area contributed by atoms with Gasteiger partial charge in [0.25, 0.3) is 0 Å². The lowest BCUT2D eigenvalue weighted by Gasteiger charge is -2.30. The highest BCUT2D eigenvalue weighted by atomic mass is 79.9. The minimum absolute atomic E-state index is 0.237. The number of esters is 1. The van der Waals surface area contributed by atoms with Crippen molar-refractivity contribution in [2.75, 3.05) is 16.8 Å². The number of hydrogen-bond donors (Lipinski definition) is 1. The van der Waals surface area contributed by atoms with E-state index in [0.29, 0.717) is 32.4 Å². The number of carbonyl (C=O) groups is 4. The number of anilines is 2. The number of nitrogens with zero attached hydrogens (tertiary/aromatic N) is 2. The Hall–Kier alpha value is -4.07. The van der Waals surface area contributed by atoms with Crippen LogP contribution in [0.2, 0.25) is 0 Å². The highest BCUT2D eigenvalue weighted by Gasteiger charge is 2.56. The van der Waals surface area contributed by atoms with E-state index in [0.717, 1.165) is 32.5 Å². The maximum Gasteiger partial charge on any atom is 0.338 e. The van der Waals surface area contributed by atoms with Gasteiger partial charge in [0.15, 0.2) is 0 Å². The van der Waals surface area contributed by atoms with E-state index < -0.39 is 51.5 Å². The SMILES string of the molecule is CCOC(=O)c1ccc(NC(=O)Cn2c3c(sc2=O)[C@@H](c2ccc(F)cc2)[C@@H]2C(=O)N(c4ccc(Br)cc4)C(=O)[C@@H]2S3)cc1. The van der Waals surface area contributed by atoms with Crippen LogP contribution in [-0.4, -0.2) is 40.1 Å². The van der Waals surface area contributed by atoms with E-state index in [4.69, 9.17) is 4.74 Å². The normalized spacial score (nSPS) is 19.0. The average molecular weight is 697 g/mol. The topological polar surface area (TPSA) is 115 Å². The molecular weight excluding hydrogens is 673 g/mol. The van der Waals surface area contributed by atoms with Crippen LogP contribution in [0.3, 0.4) is 0 Å². The number of aromatic nitrogens is 1. The van der Waals surface area contributed by atoms with E-state index in [1.807, 2.05) is 0 Å². The molecule has 3 amide bonds. The molecule has 2 aliphatic rings. The lowest BCUT2D eigenvalue weighted by molar-refractivity contribution is -0.122. The standard InChI is InChI=1S/C31H23BrFN3O6S2/c1-2-42-30(40)17-5-11-20(12-6-17)34-22(37)15-35-29-26(44-31(35)41)23(16-3-9-19(33)10-4-16)24-25(43-29)28(39)36(27(24)38)21-13-7-18(32)8-14-21/h3-14,23-25H,2,15H2,1H3,(H,34,37)/t23-,24-,25+/m0/s1. The van der Waals surface area contributed by atoms with Crippen molar-refractivity contribution in [1.29, 1.82) is 0 Å². The summed E-state index contributed by atoms with van der Waals surface area (Å²) in [6, 6.07) is 18.6. The Morgan fingerprint density at radius 2 is 1.64 bits per heavy atom. The van der Waals surface area contributed by atoms with Crippen LogP contribution < -0.4 is 15.1 Å². The molecule has 3 heterocycles. The minimum atomic E-state index is -0.868.